The first-order valence-electron chi connectivity index (χ1n) is 10.4. The average molecular weight is 486 g/mol. The Morgan fingerprint density at radius 2 is 1.91 bits per heavy atom. The molecule has 0 amide bonds. The second-order valence-electron chi connectivity index (χ2n) is 7.73. The van der Waals surface area contributed by atoms with Crippen molar-refractivity contribution in [2.75, 3.05) is 26.1 Å². The molecule has 178 valence electrons. The molecule has 0 fully saturated rings. The van der Waals surface area contributed by atoms with Gasteiger partial charge in [-0.3, -0.25) is 9.40 Å². The van der Waals surface area contributed by atoms with Gasteiger partial charge in [-0.25, -0.2) is 8.42 Å². The number of ether oxygens (including phenoxy) is 3. The highest BCUT2D eigenvalue weighted by Crippen LogP contribution is 2.36. The Morgan fingerprint density at radius 3 is 2.65 bits per heavy atom. The van der Waals surface area contributed by atoms with E-state index in [4.69, 9.17) is 18.7 Å². The molecule has 0 saturated heterocycles. The van der Waals surface area contributed by atoms with E-state index in [1.165, 1.54) is 39.0 Å². The monoisotopic (exact) mass is 485 g/mol. The topological polar surface area (TPSA) is 130 Å². The SMILES string of the molecule is COc1ccc(OC)c(S(=O)(=O)Nc2noc3cc(Cn4cc5c(n4)CNC5)cc(OC)c23)c1. The molecular formula is C22H23N5O6S. The van der Waals surface area contributed by atoms with Crippen LogP contribution in [0.2, 0.25) is 0 Å². The predicted octanol–water partition coefficient (Wildman–Crippen LogP) is 2.50. The summed E-state index contributed by atoms with van der Waals surface area (Å²) >= 11 is 0. The van der Waals surface area contributed by atoms with Gasteiger partial charge < -0.3 is 24.1 Å². The van der Waals surface area contributed by atoms with Crippen LogP contribution in [0.3, 0.4) is 0 Å². The summed E-state index contributed by atoms with van der Waals surface area (Å²) < 4.78 is 52.1. The minimum absolute atomic E-state index is 0.00686. The van der Waals surface area contributed by atoms with E-state index in [-0.39, 0.29) is 16.5 Å². The van der Waals surface area contributed by atoms with E-state index in [0.717, 1.165) is 24.3 Å². The second kappa shape index (κ2) is 8.54. The van der Waals surface area contributed by atoms with Gasteiger partial charge in [0.1, 0.15) is 27.5 Å². The van der Waals surface area contributed by atoms with Crippen LogP contribution in [0.25, 0.3) is 11.0 Å². The van der Waals surface area contributed by atoms with Crippen molar-refractivity contribution in [2.45, 2.75) is 24.5 Å². The molecule has 2 aromatic heterocycles. The molecule has 2 N–H and O–H groups in total. The summed E-state index contributed by atoms with van der Waals surface area (Å²) in [6, 6.07) is 8.10. The minimum atomic E-state index is -4.09. The number of anilines is 1. The molecular weight excluding hydrogens is 462 g/mol. The van der Waals surface area contributed by atoms with E-state index in [1.807, 2.05) is 16.9 Å². The van der Waals surface area contributed by atoms with Crippen molar-refractivity contribution in [3.63, 3.8) is 0 Å². The Kier molecular flexibility index (Phi) is 5.54. The molecule has 0 spiro atoms. The van der Waals surface area contributed by atoms with Gasteiger partial charge in [0.15, 0.2) is 11.4 Å². The molecule has 5 rings (SSSR count). The van der Waals surface area contributed by atoms with E-state index < -0.39 is 10.0 Å². The third kappa shape index (κ3) is 3.90. The summed E-state index contributed by atoms with van der Waals surface area (Å²) in [5.74, 6) is 0.961. The van der Waals surface area contributed by atoms with E-state index in [1.54, 1.807) is 12.1 Å². The van der Waals surface area contributed by atoms with Gasteiger partial charge in [0.25, 0.3) is 10.0 Å². The number of sulfonamides is 1. The van der Waals surface area contributed by atoms with E-state index in [2.05, 4.69) is 20.3 Å². The van der Waals surface area contributed by atoms with Gasteiger partial charge in [-0.05, 0) is 29.8 Å². The molecule has 0 saturated carbocycles. The van der Waals surface area contributed by atoms with E-state index in [0.29, 0.717) is 29.0 Å². The average Bonchev–Trinajstić information content (AvgIpc) is 3.53. The fourth-order valence-electron chi connectivity index (χ4n) is 3.97. The van der Waals surface area contributed by atoms with Gasteiger partial charge in [0.05, 0.1) is 33.6 Å². The quantitative estimate of drug-likeness (QED) is 0.387. The van der Waals surface area contributed by atoms with Gasteiger partial charge in [-0.2, -0.15) is 5.10 Å². The molecule has 0 radical (unpaired) electrons. The summed E-state index contributed by atoms with van der Waals surface area (Å²) in [5.41, 5.74) is 3.47. The van der Waals surface area contributed by atoms with Crippen LogP contribution < -0.4 is 24.2 Å². The first kappa shape index (κ1) is 22.0. The van der Waals surface area contributed by atoms with Crippen molar-refractivity contribution in [1.29, 1.82) is 0 Å². The van der Waals surface area contributed by atoms with Crippen molar-refractivity contribution in [1.82, 2.24) is 20.3 Å². The highest BCUT2D eigenvalue weighted by atomic mass is 32.2. The van der Waals surface area contributed by atoms with Gasteiger partial charge in [-0.15, -0.1) is 0 Å². The van der Waals surface area contributed by atoms with Crippen LogP contribution >= 0.6 is 0 Å². The van der Waals surface area contributed by atoms with Gasteiger partial charge in [0, 0.05) is 30.9 Å². The Bertz CT molecular complexity index is 1460. The summed E-state index contributed by atoms with van der Waals surface area (Å²) in [4.78, 5) is -0.0951. The first-order chi connectivity index (χ1) is 16.4. The lowest BCUT2D eigenvalue weighted by molar-refractivity contribution is 0.392. The summed E-state index contributed by atoms with van der Waals surface area (Å²) in [6.45, 7) is 2.07. The smallest absolute Gasteiger partial charge is 0.266 e. The summed E-state index contributed by atoms with van der Waals surface area (Å²) in [7, 11) is 0.260. The van der Waals surface area contributed by atoms with Crippen molar-refractivity contribution in [2.24, 2.45) is 0 Å². The standard InChI is InChI=1S/C22H23N5O6S/c1-30-15-4-5-17(31-2)20(8-15)34(28,29)26-22-21-18(32-3)6-13(7-19(21)33-25-22)11-27-12-14-9-23-10-16(14)24-27/h4-8,12,23H,9-11H2,1-3H3,(H,25,26). The van der Waals surface area contributed by atoms with Crippen LogP contribution in [-0.4, -0.2) is 44.7 Å². The largest absolute Gasteiger partial charge is 0.497 e. The Labute approximate surface area is 195 Å². The van der Waals surface area contributed by atoms with Crippen molar-refractivity contribution < 1.29 is 27.2 Å². The number of aromatic nitrogens is 3. The summed E-state index contributed by atoms with van der Waals surface area (Å²) in [6.07, 6.45) is 2.01. The van der Waals surface area contributed by atoms with Crippen LogP contribution in [-0.2, 0) is 29.7 Å². The molecule has 1 aliphatic heterocycles. The number of hydrogen-bond donors (Lipinski definition) is 2. The Hall–Kier alpha value is -3.77. The molecule has 2 aromatic carbocycles. The minimum Gasteiger partial charge on any atom is -0.497 e. The highest BCUT2D eigenvalue weighted by molar-refractivity contribution is 7.92. The number of methoxy groups -OCH3 is 3. The number of nitrogens with one attached hydrogen (secondary N) is 2. The molecule has 1 aliphatic rings. The molecule has 34 heavy (non-hydrogen) atoms. The molecule has 4 aromatic rings. The third-order valence-corrected chi connectivity index (χ3v) is 6.95. The summed E-state index contributed by atoms with van der Waals surface area (Å²) in [5, 5.41) is 12.2. The molecule has 0 unspecified atom stereocenters. The highest BCUT2D eigenvalue weighted by Gasteiger charge is 2.25. The van der Waals surface area contributed by atoms with Crippen molar-refractivity contribution >= 4 is 26.8 Å². The van der Waals surface area contributed by atoms with Crippen LogP contribution in [0, 0.1) is 0 Å². The lowest BCUT2D eigenvalue weighted by Crippen LogP contribution is -2.14. The molecule has 0 atom stereocenters. The molecule has 0 bridgehead atoms. The first-order valence-corrected chi connectivity index (χ1v) is 11.9. The lowest BCUT2D eigenvalue weighted by atomic mass is 10.1. The maximum Gasteiger partial charge on any atom is 0.266 e. The maximum absolute atomic E-state index is 13.2. The molecule has 3 heterocycles. The van der Waals surface area contributed by atoms with Crippen molar-refractivity contribution in [3.05, 3.63) is 53.3 Å². The Morgan fingerprint density at radius 1 is 1.09 bits per heavy atom. The van der Waals surface area contributed by atoms with Gasteiger partial charge >= 0.3 is 0 Å². The number of rotatable bonds is 8. The second-order valence-corrected chi connectivity index (χ2v) is 9.38. The molecule has 12 heteroatoms. The van der Waals surface area contributed by atoms with Crippen LogP contribution in [0.15, 0.2) is 45.9 Å². The number of hydrogen-bond acceptors (Lipinski definition) is 9. The fourth-order valence-corrected chi connectivity index (χ4v) is 5.16. The number of fused-ring (bicyclic) bond motifs is 2. The fraction of sp³-hybridized carbons (Fsp3) is 0.273. The normalized spacial score (nSPS) is 13.1. The predicted molar refractivity (Wildman–Crippen MR) is 123 cm³/mol. The van der Waals surface area contributed by atoms with E-state index in [9.17, 15) is 8.42 Å². The van der Waals surface area contributed by atoms with Crippen molar-refractivity contribution in [3.8, 4) is 17.2 Å². The lowest BCUT2D eigenvalue weighted by Gasteiger charge is -2.12. The van der Waals surface area contributed by atoms with Gasteiger partial charge in [-0.1, -0.05) is 5.16 Å². The Balaban J connectivity index is 1.49. The molecule has 11 nitrogen and oxygen atoms in total. The van der Waals surface area contributed by atoms with Gasteiger partial charge in [0.2, 0.25) is 0 Å². The number of benzene rings is 2. The van der Waals surface area contributed by atoms with E-state index >= 15 is 0 Å². The maximum atomic E-state index is 13.2. The van der Waals surface area contributed by atoms with Crippen LogP contribution in [0.1, 0.15) is 16.8 Å². The zero-order valence-corrected chi connectivity index (χ0v) is 19.6. The zero-order valence-electron chi connectivity index (χ0n) is 18.8. The number of nitrogens with zero attached hydrogens (tertiary/aromatic N) is 3. The van der Waals surface area contributed by atoms with Crippen LogP contribution in [0.4, 0.5) is 5.82 Å². The third-order valence-electron chi connectivity index (χ3n) is 5.59. The van der Waals surface area contributed by atoms with Crippen LogP contribution in [0.5, 0.6) is 17.2 Å². The zero-order chi connectivity index (χ0) is 23.9. The molecule has 0 aliphatic carbocycles.